The average Bonchev–Trinajstić information content (AvgIpc) is 3.01. The van der Waals surface area contributed by atoms with Crippen molar-refractivity contribution in [3.63, 3.8) is 0 Å². The number of hydrogen-bond donors (Lipinski definition) is 1. The smallest absolute Gasteiger partial charge is 0.268 e. The molecule has 0 unspecified atom stereocenters. The van der Waals surface area contributed by atoms with Gasteiger partial charge in [-0.25, -0.2) is 0 Å². The predicted molar refractivity (Wildman–Crippen MR) is 78.6 cm³/mol. The van der Waals surface area contributed by atoms with E-state index >= 15 is 0 Å². The second-order valence-corrected chi connectivity index (χ2v) is 7.62. The Balaban J connectivity index is 1.86. The highest BCUT2D eigenvalue weighted by atomic mass is 32.2. The number of aromatic nitrogens is 2. The number of hydrogen-bond acceptors (Lipinski definition) is 4. The normalized spacial score (nSPS) is 23.0. The first kappa shape index (κ1) is 13.7. The molecule has 3 rings (SSSR count). The molecule has 0 spiro atoms. The molecule has 0 bridgehead atoms. The van der Waals surface area contributed by atoms with Gasteiger partial charge in [-0.1, -0.05) is 0 Å². The molecule has 8 heteroatoms. The summed E-state index contributed by atoms with van der Waals surface area (Å²) in [5, 5.41) is 6.19. The van der Waals surface area contributed by atoms with Crippen molar-refractivity contribution < 1.29 is 8.42 Å². The van der Waals surface area contributed by atoms with E-state index in [1.807, 2.05) is 29.2 Å². The zero-order valence-electron chi connectivity index (χ0n) is 11.3. The van der Waals surface area contributed by atoms with Gasteiger partial charge in [0, 0.05) is 42.7 Å². The minimum absolute atomic E-state index is 0.136. The molecule has 0 saturated carbocycles. The second-order valence-electron chi connectivity index (χ2n) is 4.86. The van der Waals surface area contributed by atoms with Crippen LogP contribution in [0.1, 0.15) is 17.3 Å². The molecule has 6 nitrogen and oxygen atoms in total. The number of nitrogens with zero attached hydrogens (tertiary/aromatic N) is 3. The molecule has 1 N–H and O–H groups in total. The van der Waals surface area contributed by atoms with Crippen LogP contribution in [0.2, 0.25) is 0 Å². The van der Waals surface area contributed by atoms with E-state index in [4.69, 9.17) is 0 Å². The van der Waals surface area contributed by atoms with Crippen molar-refractivity contribution in [2.75, 3.05) is 13.6 Å². The topological polar surface area (TPSA) is 67.2 Å². The van der Waals surface area contributed by atoms with E-state index in [1.165, 1.54) is 4.31 Å². The highest BCUT2D eigenvalue weighted by molar-refractivity contribution is 7.87. The third kappa shape index (κ3) is 2.39. The summed E-state index contributed by atoms with van der Waals surface area (Å²) < 4.78 is 29.6. The van der Waals surface area contributed by atoms with Gasteiger partial charge >= 0.3 is 0 Å². The molecule has 2 aromatic heterocycles. The maximum Gasteiger partial charge on any atom is 0.279 e. The predicted octanol–water partition coefficient (Wildman–Crippen LogP) is 1.36. The van der Waals surface area contributed by atoms with E-state index in [2.05, 4.69) is 9.82 Å². The molecule has 0 radical (unpaired) electrons. The highest BCUT2D eigenvalue weighted by Crippen LogP contribution is 2.32. The highest BCUT2D eigenvalue weighted by Gasteiger charge is 2.30. The molecule has 0 aromatic carbocycles. The van der Waals surface area contributed by atoms with Gasteiger partial charge in [0.1, 0.15) is 0 Å². The monoisotopic (exact) mass is 312 g/mol. The van der Waals surface area contributed by atoms with Crippen LogP contribution in [0.5, 0.6) is 0 Å². The molecular weight excluding hydrogens is 296 g/mol. The second kappa shape index (κ2) is 4.96. The summed E-state index contributed by atoms with van der Waals surface area (Å²) in [6, 6.07) is 3.85. The molecular formula is C12H16N4O2S2. The van der Waals surface area contributed by atoms with Crippen LogP contribution in [-0.2, 0) is 17.3 Å². The van der Waals surface area contributed by atoms with Crippen molar-refractivity contribution in [1.29, 1.82) is 0 Å². The summed E-state index contributed by atoms with van der Waals surface area (Å²) in [5.74, 6) is 0. The molecule has 1 aliphatic heterocycles. The van der Waals surface area contributed by atoms with Gasteiger partial charge in [-0.15, -0.1) is 11.3 Å². The van der Waals surface area contributed by atoms with E-state index in [9.17, 15) is 8.42 Å². The number of rotatable bonds is 2. The van der Waals surface area contributed by atoms with E-state index in [-0.39, 0.29) is 6.04 Å². The van der Waals surface area contributed by atoms with Crippen LogP contribution in [0.3, 0.4) is 0 Å². The van der Waals surface area contributed by atoms with E-state index in [0.717, 1.165) is 22.6 Å². The number of thiophene rings is 1. The van der Waals surface area contributed by atoms with Gasteiger partial charge in [-0.2, -0.15) is 22.5 Å². The Bertz CT molecular complexity index is 719. The molecule has 1 aliphatic rings. The summed E-state index contributed by atoms with van der Waals surface area (Å²) in [4.78, 5) is 1.04. The maximum atomic E-state index is 11.9. The van der Waals surface area contributed by atoms with Crippen molar-refractivity contribution in [2.45, 2.75) is 12.5 Å². The molecule has 0 aliphatic carbocycles. The molecule has 0 amide bonds. The van der Waals surface area contributed by atoms with Crippen molar-refractivity contribution >= 4 is 21.5 Å². The summed E-state index contributed by atoms with van der Waals surface area (Å²) >= 11 is 1.58. The summed E-state index contributed by atoms with van der Waals surface area (Å²) in [5.41, 5.74) is 2.10. The van der Waals surface area contributed by atoms with Crippen LogP contribution >= 0.6 is 11.3 Å². The summed E-state index contributed by atoms with van der Waals surface area (Å²) in [7, 11) is 0.146. The third-order valence-corrected chi connectivity index (χ3v) is 6.15. The van der Waals surface area contributed by atoms with Gasteiger partial charge in [-0.3, -0.25) is 4.68 Å². The molecule has 3 heterocycles. The van der Waals surface area contributed by atoms with Crippen LogP contribution < -0.4 is 4.72 Å². The first-order chi connectivity index (χ1) is 9.47. The first-order valence-corrected chi connectivity index (χ1v) is 8.60. The van der Waals surface area contributed by atoms with Gasteiger partial charge in [0.25, 0.3) is 10.2 Å². The van der Waals surface area contributed by atoms with Crippen LogP contribution in [-0.4, -0.2) is 36.1 Å². The Labute approximate surface area is 122 Å². The minimum Gasteiger partial charge on any atom is -0.268 e. The van der Waals surface area contributed by atoms with Crippen LogP contribution in [0, 0.1) is 0 Å². The lowest BCUT2D eigenvalue weighted by atomic mass is 10.1. The molecule has 1 fully saturated rings. The van der Waals surface area contributed by atoms with Crippen LogP contribution in [0.15, 0.2) is 23.7 Å². The lowest BCUT2D eigenvalue weighted by Crippen LogP contribution is -2.46. The quantitative estimate of drug-likeness (QED) is 0.910. The Morgan fingerprint density at radius 3 is 2.90 bits per heavy atom. The molecule has 20 heavy (non-hydrogen) atoms. The van der Waals surface area contributed by atoms with Gasteiger partial charge in [0.15, 0.2) is 0 Å². The van der Waals surface area contributed by atoms with Crippen LogP contribution in [0.25, 0.3) is 11.3 Å². The Kier molecular flexibility index (Phi) is 3.41. The molecule has 1 saturated heterocycles. The fourth-order valence-electron chi connectivity index (χ4n) is 2.29. The molecule has 108 valence electrons. The average molecular weight is 312 g/mol. The Morgan fingerprint density at radius 2 is 2.25 bits per heavy atom. The minimum atomic E-state index is -3.34. The van der Waals surface area contributed by atoms with Crippen molar-refractivity contribution in [3.8, 4) is 11.3 Å². The first-order valence-electron chi connectivity index (χ1n) is 6.28. The largest absolute Gasteiger partial charge is 0.279 e. The Hall–Kier alpha value is -1.22. The van der Waals surface area contributed by atoms with Gasteiger partial charge in [-0.05, 0) is 18.6 Å². The molecule has 1 atom stereocenters. The lowest BCUT2D eigenvalue weighted by molar-refractivity contribution is 0.384. The van der Waals surface area contributed by atoms with Crippen molar-refractivity contribution in [2.24, 2.45) is 7.05 Å². The zero-order valence-corrected chi connectivity index (χ0v) is 12.9. The molecule has 2 aromatic rings. The number of nitrogens with one attached hydrogen (secondary N) is 1. The van der Waals surface area contributed by atoms with Crippen molar-refractivity contribution in [1.82, 2.24) is 18.8 Å². The maximum absolute atomic E-state index is 11.9. The van der Waals surface area contributed by atoms with Gasteiger partial charge in [0.2, 0.25) is 0 Å². The van der Waals surface area contributed by atoms with E-state index in [0.29, 0.717) is 6.54 Å². The Morgan fingerprint density at radius 1 is 1.45 bits per heavy atom. The summed E-state index contributed by atoms with van der Waals surface area (Å²) in [6.45, 7) is 0.541. The zero-order chi connectivity index (χ0) is 14.3. The SMILES string of the molecule is CN1CC[C@@H](c2cc(-c3ccnn3C)cs2)NS1(=O)=O. The van der Waals surface area contributed by atoms with Gasteiger partial charge in [0.05, 0.1) is 11.7 Å². The fraction of sp³-hybridized carbons (Fsp3) is 0.417. The van der Waals surface area contributed by atoms with Crippen LogP contribution in [0.4, 0.5) is 0 Å². The third-order valence-electron chi connectivity index (χ3n) is 3.51. The van der Waals surface area contributed by atoms with Crippen molar-refractivity contribution in [3.05, 3.63) is 28.6 Å². The fourth-order valence-corrected chi connectivity index (χ4v) is 4.48. The van der Waals surface area contributed by atoms with E-state index in [1.54, 1.807) is 24.6 Å². The van der Waals surface area contributed by atoms with Gasteiger partial charge < -0.3 is 0 Å². The lowest BCUT2D eigenvalue weighted by Gasteiger charge is -2.29. The number of aryl methyl sites for hydroxylation is 1. The summed E-state index contributed by atoms with van der Waals surface area (Å²) in [6.07, 6.45) is 2.53. The van der Waals surface area contributed by atoms with E-state index < -0.39 is 10.2 Å². The standard InChI is InChI=1S/C12H16N4O2S2/c1-15-6-4-10(14-20(15,17)18)12-7-9(8-19-12)11-3-5-13-16(11)2/h3,5,7-8,10,14H,4,6H2,1-2H3/t10-/m0/s1.